The largest absolute Gasteiger partial charge is 0.368 e. The molecular weight excluding hydrogens is 368 g/mol. The van der Waals surface area contributed by atoms with Crippen molar-refractivity contribution in [1.29, 1.82) is 0 Å². The lowest BCUT2D eigenvalue weighted by Gasteiger charge is -2.34. The predicted molar refractivity (Wildman–Crippen MR) is 110 cm³/mol. The minimum atomic E-state index is -0.500. The molecule has 2 aromatic rings. The van der Waals surface area contributed by atoms with E-state index in [-0.39, 0.29) is 18.4 Å². The highest BCUT2D eigenvalue weighted by molar-refractivity contribution is 5.96. The van der Waals surface area contributed by atoms with Crippen molar-refractivity contribution in [2.45, 2.75) is 32.4 Å². The molecule has 0 aromatic heterocycles. The van der Waals surface area contributed by atoms with Crippen LogP contribution in [0.25, 0.3) is 0 Å². The minimum absolute atomic E-state index is 0.0170. The van der Waals surface area contributed by atoms with Crippen LogP contribution in [0.2, 0.25) is 0 Å². The molecule has 7 heteroatoms. The predicted octanol–water partition coefficient (Wildman–Crippen LogP) is 1.45. The second-order valence-corrected chi connectivity index (χ2v) is 7.61. The molecular formula is C22H24N4O3. The number of benzene rings is 2. The van der Waals surface area contributed by atoms with E-state index in [0.29, 0.717) is 25.2 Å². The Hall–Kier alpha value is -3.19. The van der Waals surface area contributed by atoms with Crippen LogP contribution in [0.3, 0.4) is 0 Å². The molecule has 0 radical (unpaired) electrons. The number of nitrogens with one attached hydrogen (secondary N) is 1. The van der Waals surface area contributed by atoms with E-state index in [1.165, 1.54) is 0 Å². The van der Waals surface area contributed by atoms with Gasteiger partial charge in [0, 0.05) is 31.4 Å². The Labute approximate surface area is 169 Å². The number of carbonyl (C=O) groups is 3. The molecule has 2 aliphatic rings. The zero-order valence-electron chi connectivity index (χ0n) is 16.4. The van der Waals surface area contributed by atoms with Crippen LogP contribution in [0.5, 0.6) is 0 Å². The third-order valence-corrected chi connectivity index (χ3v) is 5.66. The second-order valence-electron chi connectivity index (χ2n) is 7.61. The van der Waals surface area contributed by atoms with E-state index in [4.69, 9.17) is 5.73 Å². The first-order valence-electron chi connectivity index (χ1n) is 9.73. The molecule has 2 aromatic carbocycles. The molecule has 3 amide bonds. The van der Waals surface area contributed by atoms with E-state index in [1.807, 2.05) is 41.3 Å². The summed E-state index contributed by atoms with van der Waals surface area (Å²) in [5, 5.41) is 2.91. The number of primary amides is 1. The van der Waals surface area contributed by atoms with Gasteiger partial charge in [-0.2, -0.15) is 0 Å². The fourth-order valence-corrected chi connectivity index (χ4v) is 4.22. The molecule has 3 N–H and O–H groups in total. The number of carbonyl (C=O) groups excluding carboxylic acids is 3. The summed E-state index contributed by atoms with van der Waals surface area (Å²) in [6.45, 7) is 2.81. The molecule has 2 aliphatic heterocycles. The van der Waals surface area contributed by atoms with Crippen molar-refractivity contribution in [3.8, 4) is 0 Å². The topological polar surface area (TPSA) is 95.7 Å². The Morgan fingerprint density at radius 1 is 1.10 bits per heavy atom. The third kappa shape index (κ3) is 3.86. The lowest BCUT2D eigenvalue weighted by Crippen LogP contribution is -2.50. The standard InChI is InChI=1S/C22H24N4O3/c1-14(27)26-9-8-16-10-18(6-7-19(16)26)24-21(28)13-25-12-17-5-3-2-4-15(17)11-20(25)22(23)29/h2-7,10,20H,8-9,11-13H2,1H3,(H2,23,29)(H,24,28). The maximum atomic E-state index is 12.7. The van der Waals surface area contributed by atoms with Crippen LogP contribution in [-0.2, 0) is 33.8 Å². The number of anilines is 2. The summed E-state index contributed by atoms with van der Waals surface area (Å²) in [7, 11) is 0. The average molecular weight is 392 g/mol. The van der Waals surface area contributed by atoms with Crippen molar-refractivity contribution in [3.05, 3.63) is 59.2 Å². The molecule has 2 heterocycles. The third-order valence-electron chi connectivity index (χ3n) is 5.66. The van der Waals surface area contributed by atoms with Gasteiger partial charge in [0.1, 0.15) is 0 Å². The molecule has 0 aliphatic carbocycles. The maximum absolute atomic E-state index is 12.7. The van der Waals surface area contributed by atoms with Crippen molar-refractivity contribution in [2.24, 2.45) is 5.73 Å². The molecule has 29 heavy (non-hydrogen) atoms. The summed E-state index contributed by atoms with van der Waals surface area (Å²) in [6, 6.07) is 13.0. The van der Waals surface area contributed by atoms with Crippen molar-refractivity contribution in [3.63, 3.8) is 0 Å². The van der Waals surface area contributed by atoms with E-state index >= 15 is 0 Å². The number of amides is 3. The summed E-state index contributed by atoms with van der Waals surface area (Å²) in [4.78, 5) is 39.9. The number of fused-ring (bicyclic) bond motifs is 2. The van der Waals surface area contributed by atoms with Crippen LogP contribution in [0.15, 0.2) is 42.5 Å². The Morgan fingerprint density at radius 2 is 1.86 bits per heavy atom. The van der Waals surface area contributed by atoms with E-state index in [9.17, 15) is 14.4 Å². The Balaban J connectivity index is 1.46. The fourth-order valence-electron chi connectivity index (χ4n) is 4.22. The van der Waals surface area contributed by atoms with Crippen LogP contribution < -0.4 is 16.0 Å². The van der Waals surface area contributed by atoms with Crippen LogP contribution in [0, 0.1) is 0 Å². The molecule has 150 valence electrons. The van der Waals surface area contributed by atoms with Gasteiger partial charge in [-0.1, -0.05) is 24.3 Å². The molecule has 4 rings (SSSR count). The number of hydrogen-bond acceptors (Lipinski definition) is 4. The first-order chi connectivity index (χ1) is 13.9. The molecule has 0 spiro atoms. The summed E-state index contributed by atoms with van der Waals surface area (Å²) < 4.78 is 0. The van der Waals surface area contributed by atoms with E-state index < -0.39 is 11.9 Å². The highest BCUT2D eigenvalue weighted by Gasteiger charge is 2.31. The van der Waals surface area contributed by atoms with Gasteiger partial charge in [-0.3, -0.25) is 19.3 Å². The fraction of sp³-hybridized carbons (Fsp3) is 0.318. The van der Waals surface area contributed by atoms with E-state index in [0.717, 1.165) is 28.8 Å². The summed E-state index contributed by atoms with van der Waals surface area (Å²) in [6.07, 6.45) is 1.28. The van der Waals surface area contributed by atoms with Gasteiger partial charge in [0.05, 0.1) is 12.6 Å². The van der Waals surface area contributed by atoms with Gasteiger partial charge in [-0.15, -0.1) is 0 Å². The lowest BCUT2D eigenvalue weighted by atomic mass is 9.93. The van der Waals surface area contributed by atoms with Gasteiger partial charge in [0.25, 0.3) is 0 Å². The Kier molecular flexibility index (Phi) is 5.07. The number of nitrogens with zero attached hydrogens (tertiary/aromatic N) is 2. The molecule has 1 atom stereocenters. The van der Waals surface area contributed by atoms with Crippen LogP contribution >= 0.6 is 0 Å². The summed E-state index contributed by atoms with van der Waals surface area (Å²) in [5.41, 5.74) is 10.4. The number of hydrogen-bond donors (Lipinski definition) is 2. The van der Waals surface area contributed by atoms with Crippen molar-refractivity contribution < 1.29 is 14.4 Å². The van der Waals surface area contributed by atoms with Crippen molar-refractivity contribution in [1.82, 2.24) is 4.90 Å². The molecule has 0 saturated carbocycles. The SMILES string of the molecule is CC(=O)N1CCc2cc(NC(=O)CN3Cc4ccccc4CC3C(N)=O)ccc21. The van der Waals surface area contributed by atoms with Gasteiger partial charge in [-0.25, -0.2) is 0 Å². The quantitative estimate of drug-likeness (QED) is 0.823. The maximum Gasteiger partial charge on any atom is 0.238 e. The molecule has 7 nitrogen and oxygen atoms in total. The van der Waals surface area contributed by atoms with Crippen LogP contribution in [0.1, 0.15) is 23.6 Å². The minimum Gasteiger partial charge on any atom is -0.368 e. The highest BCUT2D eigenvalue weighted by atomic mass is 16.2. The zero-order chi connectivity index (χ0) is 20.5. The monoisotopic (exact) mass is 392 g/mol. The van der Waals surface area contributed by atoms with Crippen molar-refractivity contribution >= 4 is 29.1 Å². The smallest absolute Gasteiger partial charge is 0.238 e. The van der Waals surface area contributed by atoms with Crippen molar-refractivity contribution in [2.75, 3.05) is 23.3 Å². The summed E-state index contributed by atoms with van der Waals surface area (Å²) in [5.74, 6) is -0.602. The van der Waals surface area contributed by atoms with Crippen LogP contribution in [-0.4, -0.2) is 41.8 Å². The first-order valence-corrected chi connectivity index (χ1v) is 9.73. The number of nitrogens with two attached hydrogens (primary N) is 1. The van der Waals surface area contributed by atoms with Gasteiger partial charge in [0.2, 0.25) is 17.7 Å². The Morgan fingerprint density at radius 3 is 2.59 bits per heavy atom. The van der Waals surface area contributed by atoms with Gasteiger partial charge in [0.15, 0.2) is 0 Å². The van der Waals surface area contributed by atoms with E-state index in [1.54, 1.807) is 17.9 Å². The summed E-state index contributed by atoms with van der Waals surface area (Å²) >= 11 is 0. The van der Waals surface area contributed by atoms with Crippen LogP contribution in [0.4, 0.5) is 11.4 Å². The van der Waals surface area contributed by atoms with Gasteiger partial charge < -0.3 is 16.0 Å². The first kappa shape index (κ1) is 19.1. The zero-order valence-corrected chi connectivity index (χ0v) is 16.4. The molecule has 0 saturated heterocycles. The van der Waals surface area contributed by atoms with Gasteiger partial charge >= 0.3 is 0 Å². The second kappa shape index (κ2) is 7.67. The average Bonchev–Trinajstić information content (AvgIpc) is 3.10. The Bertz CT molecular complexity index is 988. The normalized spacial score (nSPS) is 18.1. The highest BCUT2D eigenvalue weighted by Crippen LogP contribution is 2.30. The lowest BCUT2D eigenvalue weighted by molar-refractivity contribution is -0.125. The van der Waals surface area contributed by atoms with E-state index in [2.05, 4.69) is 5.32 Å². The molecule has 0 fully saturated rings. The molecule has 0 bridgehead atoms. The number of rotatable bonds is 4. The van der Waals surface area contributed by atoms with Gasteiger partial charge in [-0.05, 0) is 47.7 Å². The molecule has 1 unspecified atom stereocenters.